The number of anilines is 1. The molecule has 0 N–H and O–H groups in total. The molecule has 3 aliphatic rings. The first-order chi connectivity index (χ1) is 13.4. The molecule has 0 spiro atoms. The largest absolute Gasteiger partial charge is 0.274 e. The van der Waals surface area contributed by atoms with Gasteiger partial charge in [-0.3, -0.25) is 14.3 Å². The maximum Gasteiger partial charge on any atom is 0.238 e. The molecule has 1 aromatic heterocycles. The Morgan fingerprint density at radius 1 is 1.04 bits per heavy atom. The number of hydrogen-bond donors (Lipinski definition) is 0. The normalized spacial score (nSPS) is 27.9. The number of nitrogens with zero attached hydrogens (tertiary/aromatic N) is 3. The number of benzene rings is 1. The topological polar surface area (TPSA) is 55.2 Å². The van der Waals surface area contributed by atoms with Gasteiger partial charge in [-0.1, -0.05) is 41.4 Å². The first kappa shape index (κ1) is 18.0. The lowest BCUT2D eigenvalue weighted by Gasteiger charge is -2.18. The molecular weight excluding hydrogens is 397 g/mol. The fraction of sp³-hybridized carbons (Fsp3) is 0.381. The van der Waals surface area contributed by atoms with Crippen molar-refractivity contribution in [2.45, 2.75) is 26.8 Å². The first-order valence-corrected chi connectivity index (χ1v) is 10.2. The fourth-order valence-electron chi connectivity index (χ4n) is 5.12. The number of allylic oxidation sites excluding steroid dienone is 2. The molecule has 2 fully saturated rings. The summed E-state index contributed by atoms with van der Waals surface area (Å²) in [6.07, 6.45) is 5.12. The van der Waals surface area contributed by atoms with E-state index in [-0.39, 0.29) is 35.5 Å². The van der Waals surface area contributed by atoms with E-state index in [2.05, 4.69) is 17.3 Å². The first-order valence-electron chi connectivity index (χ1n) is 9.41. The van der Waals surface area contributed by atoms with Crippen molar-refractivity contribution in [3.05, 3.63) is 57.3 Å². The number of imide groups is 1. The van der Waals surface area contributed by atoms with Crippen LogP contribution < -0.4 is 4.90 Å². The van der Waals surface area contributed by atoms with E-state index in [4.69, 9.17) is 23.2 Å². The van der Waals surface area contributed by atoms with E-state index in [0.717, 1.165) is 17.7 Å². The van der Waals surface area contributed by atoms with E-state index in [9.17, 15) is 9.59 Å². The minimum absolute atomic E-state index is 0.0895. The highest BCUT2D eigenvalue weighted by atomic mass is 35.5. The average Bonchev–Trinajstić information content (AvgIpc) is 3.38. The SMILES string of the molecule is Cc1nn(Cc2c(Cl)cccc2Cl)c(C)c1N1C(=O)[C@@H]2[C@H](C1=O)[C@H]1C=C[C@H]2C1. The molecule has 2 aromatic rings. The number of fused-ring (bicyclic) bond motifs is 5. The second-order valence-corrected chi connectivity index (χ2v) is 8.70. The van der Waals surface area contributed by atoms with Crippen molar-refractivity contribution in [2.24, 2.45) is 23.7 Å². The van der Waals surface area contributed by atoms with Gasteiger partial charge in [-0.25, -0.2) is 4.90 Å². The Kier molecular flexibility index (Phi) is 3.97. The Morgan fingerprint density at radius 3 is 2.18 bits per heavy atom. The molecule has 0 radical (unpaired) electrons. The zero-order valence-electron chi connectivity index (χ0n) is 15.5. The molecule has 5 rings (SSSR count). The summed E-state index contributed by atoms with van der Waals surface area (Å²) in [6.45, 7) is 4.08. The zero-order valence-corrected chi connectivity index (χ0v) is 17.0. The van der Waals surface area contributed by atoms with Crippen LogP contribution in [-0.4, -0.2) is 21.6 Å². The van der Waals surface area contributed by atoms with Crippen LogP contribution in [0.2, 0.25) is 10.0 Å². The predicted octanol–water partition coefficient (Wildman–Crippen LogP) is 4.17. The van der Waals surface area contributed by atoms with Gasteiger partial charge in [-0.15, -0.1) is 0 Å². The summed E-state index contributed by atoms with van der Waals surface area (Å²) in [5.74, 6) is -0.241. The molecule has 1 aromatic carbocycles. The van der Waals surface area contributed by atoms with E-state index in [0.29, 0.717) is 28.0 Å². The number of aryl methyl sites for hydroxylation is 1. The molecular formula is C21H19Cl2N3O2. The maximum atomic E-state index is 13.2. The Balaban J connectivity index is 1.52. The third-order valence-corrected chi connectivity index (χ3v) is 7.12. The standard InChI is InChI=1S/C21H19Cl2N3O2/c1-10-19(11(2)25(24-10)9-14-15(22)4-3-5-16(14)23)26-20(27)17-12-6-7-13(8-12)18(17)21(26)28/h3-7,12-13,17-18H,8-9H2,1-2H3/t12-,13-,17-,18+/m0/s1. The van der Waals surface area contributed by atoms with Gasteiger partial charge >= 0.3 is 0 Å². The third-order valence-electron chi connectivity index (χ3n) is 6.41. The van der Waals surface area contributed by atoms with Gasteiger partial charge < -0.3 is 0 Å². The van der Waals surface area contributed by atoms with Gasteiger partial charge in [0.2, 0.25) is 11.8 Å². The summed E-state index contributed by atoms with van der Waals surface area (Å²) < 4.78 is 1.76. The van der Waals surface area contributed by atoms with Crippen molar-refractivity contribution >= 4 is 40.7 Å². The summed E-state index contributed by atoms with van der Waals surface area (Å²) in [7, 11) is 0. The third kappa shape index (κ3) is 2.36. The van der Waals surface area contributed by atoms with Crippen LogP contribution in [0.1, 0.15) is 23.4 Å². The molecule has 7 heteroatoms. The molecule has 2 heterocycles. The number of carbonyl (C=O) groups is 2. The van der Waals surface area contributed by atoms with Crippen molar-refractivity contribution in [2.75, 3.05) is 4.90 Å². The van der Waals surface area contributed by atoms with E-state index in [1.54, 1.807) is 22.9 Å². The molecule has 0 unspecified atom stereocenters. The molecule has 1 saturated heterocycles. The Bertz CT molecular complexity index is 1010. The molecule has 1 aliphatic heterocycles. The molecule has 2 bridgehead atoms. The number of amides is 2. The molecule has 2 amide bonds. The fourth-order valence-corrected chi connectivity index (χ4v) is 5.64. The summed E-state index contributed by atoms with van der Waals surface area (Å²) in [5, 5.41) is 5.71. The number of rotatable bonds is 3. The van der Waals surface area contributed by atoms with Crippen LogP contribution >= 0.6 is 23.2 Å². The van der Waals surface area contributed by atoms with Gasteiger partial charge in [0.25, 0.3) is 0 Å². The van der Waals surface area contributed by atoms with Crippen LogP contribution in [0.4, 0.5) is 5.69 Å². The van der Waals surface area contributed by atoms with Crippen LogP contribution in [0.5, 0.6) is 0 Å². The molecule has 5 nitrogen and oxygen atoms in total. The highest BCUT2D eigenvalue weighted by Crippen LogP contribution is 2.53. The van der Waals surface area contributed by atoms with Gasteiger partial charge in [0.05, 0.1) is 35.5 Å². The average molecular weight is 416 g/mol. The lowest BCUT2D eigenvalue weighted by atomic mass is 9.85. The minimum atomic E-state index is -0.220. The summed E-state index contributed by atoms with van der Waals surface area (Å²) in [5.41, 5.74) is 2.78. The molecule has 2 aliphatic carbocycles. The Morgan fingerprint density at radius 2 is 1.61 bits per heavy atom. The Labute approximate surface area is 172 Å². The molecule has 144 valence electrons. The lowest BCUT2D eigenvalue weighted by molar-refractivity contribution is -0.123. The van der Waals surface area contributed by atoms with Crippen LogP contribution in [0.3, 0.4) is 0 Å². The minimum Gasteiger partial charge on any atom is -0.274 e. The number of halogens is 2. The highest BCUT2D eigenvalue weighted by molar-refractivity contribution is 6.36. The zero-order chi connectivity index (χ0) is 19.7. The Hall–Kier alpha value is -2.11. The predicted molar refractivity (Wildman–Crippen MR) is 107 cm³/mol. The maximum absolute atomic E-state index is 13.2. The summed E-state index contributed by atoms with van der Waals surface area (Å²) in [6, 6.07) is 5.36. The highest BCUT2D eigenvalue weighted by Gasteiger charge is 2.60. The van der Waals surface area contributed by atoms with Crippen molar-refractivity contribution < 1.29 is 9.59 Å². The van der Waals surface area contributed by atoms with Gasteiger partial charge in [0, 0.05) is 15.6 Å². The van der Waals surface area contributed by atoms with Crippen molar-refractivity contribution in [3.8, 4) is 0 Å². The molecule has 28 heavy (non-hydrogen) atoms. The molecule has 1 saturated carbocycles. The van der Waals surface area contributed by atoms with Gasteiger partial charge in [-0.2, -0.15) is 5.10 Å². The second kappa shape index (κ2) is 6.19. The van der Waals surface area contributed by atoms with E-state index < -0.39 is 0 Å². The van der Waals surface area contributed by atoms with Crippen LogP contribution in [0.25, 0.3) is 0 Å². The quantitative estimate of drug-likeness (QED) is 0.558. The van der Waals surface area contributed by atoms with Gasteiger partial charge in [0.15, 0.2) is 0 Å². The van der Waals surface area contributed by atoms with Crippen molar-refractivity contribution in [3.63, 3.8) is 0 Å². The van der Waals surface area contributed by atoms with E-state index in [1.165, 1.54) is 4.90 Å². The second-order valence-electron chi connectivity index (χ2n) is 7.89. The van der Waals surface area contributed by atoms with Crippen molar-refractivity contribution in [1.29, 1.82) is 0 Å². The monoisotopic (exact) mass is 415 g/mol. The van der Waals surface area contributed by atoms with Crippen LogP contribution in [0, 0.1) is 37.5 Å². The van der Waals surface area contributed by atoms with Gasteiger partial charge in [0.1, 0.15) is 0 Å². The number of aromatic nitrogens is 2. The van der Waals surface area contributed by atoms with E-state index in [1.807, 2.05) is 13.8 Å². The summed E-state index contributed by atoms with van der Waals surface area (Å²) in [4.78, 5) is 27.7. The van der Waals surface area contributed by atoms with Gasteiger partial charge in [-0.05, 0) is 44.2 Å². The number of hydrogen-bond acceptors (Lipinski definition) is 3. The van der Waals surface area contributed by atoms with Crippen molar-refractivity contribution in [1.82, 2.24) is 9.78 Å². The van der Waals surface area contributed by atoms with E-state index >= 15 is 0 Å². The van der Waals surface area contributed by atoms with Crippen LogP contribution in [0.15, 0.2) is 30.4 Å². The number of carbonyl (C=O) groups excluding carboxylic acids is 2. The smallest absolute Gasteiger partial charge is 0.238 e. The lowest BCUT2D eigenvalue weighted by Crippen LogP contribution is -2.33. The van der Waals surface area contributed by atoms with Crippen LogP contribution in [-0.2, 0) is 16.1 Å². The summed E-state index contributed by atoms with van der Waals surface area (Å²) >= 11 is 12.6. The molecule has 4 atom stereocenters.